The number of halogens is 1. The van der Waals surface area contributed by atoms with Crippen LogP contribution in [0, 0.1) is 5.82 Å². The number of furan rings is 1. The maximum Gasteiger partial charge on any atom is 0.254 e. The summed E-state index contributed by atoms with van der Waals surface area (Å²) < 4.78 is 35.2. The van der Waals surface area contributed by atoms with Gasteiger partial charge in [0.05, 0.1) is 39.1 Å². The van der Waals surface area contributed by atoms with Crippen LogP contribution in [0.5, 0.6) is 11.5 Å². The van der Waals surface area contributed by atoms with Gasteiger partial charge < -0.3 is 23.3 Å². The standard InChI is InChI=1S/C24H21FN2O5/c1-29-19-8-9-21(22(13-19)30-2)23-12-18(26-32-23)14-27(15-20-7-4-10-31-20)24(28)16-5-3-6-17(25)11-16/h3-13H,14-15H2,1-2H3. The third-order valence-corrected chi connectivity index (χ3v) is 4.87. The Bertz CT molecular complexity index is 1200. The molecule has 1 amide bonds. The zero-order valence-corrected chi connectivity index (χ0v) is 17.6. The van der Waals surface area contributed by atoms with E-state index >= 15 is 0 Å². The maximum absolute atomic E-state index is 13.7. The van der Waals surface area contributed by atoms with Crippen molar-refractivity contribution in [3.63, 3.8) is 0 Å². The third kappa shape index (κ3) is 4.64. The molecule has 0 radical (unpaired) electrons. The van der Waals surface area contributed by atoms with E-state index in [9.17, 15) is 9.18 Å². The van der Waals surface area contributed by atoms with E-state index in [1.54, 1.807) is 56.7 Å². The Kier molecular flexibility index (Phi) is 6.21. The molecule has 164 valence electrons. The molecule has 32 heavy (non-hydrogen) atoms. The van der Waals surface area contributed by atoms with Gasteiger partial charge in [-0.05, 0) is 42.5 Å². The van der Waals surface area contributed by atoms with Crippen LogP contribution < -0.4 is 9.47 Å². The number of ether oxygens (including phenoxy) is 2. The Balaban J connectivity index is 1.60. The molecule has 0 bridgehead atoms. The Labute approximate surface area is 184 Å². The summed E-state index contributed by atoms with van der Waals surface area (Å²) in [6.45, 7) is 0.328. The van der Waals surface area contributed by atoms with E-state index < -0.39 is 5.82 Å². The van der Waals surface area contributed by atoms with Crippen molar-refractivity contribution in [3.8, 4) is 22.8 Å². The van der Waals surface area contributed by atoms with Crippen LogP contribution in [0.15, 0.2) is 75.9 Å². The molecule has 2 heterocycles. The van der Waals surface area contributed by atoms with Gasteiger partial charge in [0, 0.05) is 17.7 Å². The quantitative estimate of drug-likeness (QED) is 0.390. The van der Waals surface area contributed by atoms with E-state index in [0.29, 0.717) is 34.3 Å². The van der Waals surface area contributed by atoms with Crippen molar-refractivity contribution in [3.05, 3.63) is 89.8 Å². The number of aromatic nitrogens is 1. The third-order valence-electron chi connectivity index (χ3n) is 4.87. The summed E-state index contributed by atoms with van der Waals surface area (Å²) in [6, 6.07) is 16.1. The van der Waals surface area contributed by atoms with Gasteiger partial charge in [0.1, 0.15) is 28.8 Å². The van der Waals surface area contributed by atoms with Crippen LogP contribution >= 0.6 is 0 Å². The first kappa shape index (κ1) is 21.2. The predicted octanol–water partition coefficient (Wildman–Crippen LogP) is 4.93. The highest BCUT2D eigenvalue weighted by atomic mass is 19.1. The van der Waals surface area contributed by atoms with Crippen molar-refractivity contribution in [2.75, 3.05) is 14.2 Å². The maximum atomic E-state index is 13.7. The van der Waals surface area contributed by atoms with Crippen molar-refractivity contribution in [1.29, 1.82) is 0 Å². The number of amides is 1. The first-order valence-electron chi connectivity index (χ1n) is 9.82. The molecule has 0 atom stereocenters. The Morgan fingerprint density at radius 2 is 1.91 bits per heavy atom. The summed E-state index contributed by atoms with van der Waals surface area (Å²) >= 11 is 0. The van der Waals surface area contributed by atoms with Crippen LogP contribution in [-0.2, 0) is 13.1 Å². The normalized spacial score (nSPS) is 10.7. The lowest BCUT2D eigenvalue weighted by Gasteiger charge is -2.20. The Morgan fingerprint density at radius 1 is 1.03 bits per heavy atom. The van der Waals surface area contributed by atoms with Gasteiger partial charge in [-0.15, -0.1) is 0 Å². The first-order valence-corrected chi connectivity index (χ1v) is 9.82. The minimum Gasteiger partial charge on any atom is -0.497 e. The summed E-state index contributed by atoms with van der Waals surface area (Å²) in [5, 5.41) is 4.11. The molecule has 0 saturated heterocycles. The van der Waals surface area contributed by atoms with E-state index in [1.807, 2.05) is 0 Å². The van der Waals surface area contributed by atoms with Crippen LogP contribution in [0.2, 0.25) is 0 Å². The molecule has 0 aliphatic rings. The van der Waals surface area contributed by atoms with E-state index in [0.717, 1.165) is 0 Å². The highest BCUT2D eigenvalue weighted by molar-refractivity contribution is 5.94. The van der Waals surface area contributed by atoms with Gasteiger partial charge in [0.15, 0.2) is 5.76 Å². The number of nitrogens with zero attached hydrogens (tertiary/aromatic N) is 2. The van der Waals surface area contributed by atoms with Crippen molar-refractivity contribution in [2.24, 2.45) is 0 Å². The molecule has 4 rings (SSSR count). The van der Waals surface area contributed by atoms with Gasteiger partial charge in [-0.1, -0.05) is 11.2 Å². The summed E-state index contributed by atoms with van der Waals surface area (Å²) in [6.07, 6.45) is 1.53. The summed E-state index contributed by atoms with van der Waals surface area (Å²) in [4.78, 5) is 14.6. The molecule has 0 aliphatic heterocycles. The lowest BCUT2D eigenvalue weighted by atomic mass is 10.1. The SMILES string of the molecule is COc1ccc(-c2cc(CN(Cc3ccco3)C(=O)c3cccc(F)c3)no2)c(OC)c1. The van der Waals surface area contributed by atoms with Crippen molar-refractivity contribution >= 4 is 5.91 Å². The molecule has 0 saturated carbocycles. The molecule has 7 nitrogen and oxygen atoms in total. The van der Waals surface area contributed by atoms with Crippen LogP contribution in [0.3, 0.4) is 0 Å². The largest absolute Gasteiger partial charge is 0.497 e. The molecule has 0 spiro atoms. The summed E-state index contributed by atoms with van der Waals surface area (Å²) in [5.74, 6) is 1.45. The fraction of sp³-hybridized carbons (Fsp3) is 0.167. The number of carbonyl (C=O) groups is 1. The molecular weight excluding hydrogens is 415 g/mol. The Hall–Kier alpha value is -4.07. The van der Waals surface area contributed by atoms with Gasteiger partial charge in [-0.2, -0.15) is 0 Å². The second-order valence-corrected chi connectivity index (χ2v) is 7.00. The number of carbonyl (C=O) groups excluding carboxylic acids is 1. The van der Waals surface area contributed by atoms with E-state index in [2.05, 4.69) is 5.16 Å². The topological polar surface area (TPSA) is 77.9 Å². The lowest BCUT2D eigenvalue weighted by Crippen LogP contribution is -2.30. The van der Waals surface area contributed by atoms with Crippen LogP contribution in [0.25, 0.3) is 11.3 Å². The molecule has 2 aromatic heterocycles. The van der Waals surface area contributed by atoms with E-state index in [-0.39, 0.29) is 24.6 Å². The van der Waals surface area contributed by atoms with Crippen molar-refractivity contribution in [1.82, 2.24) is 10.1 Å². The number of rotatable bonds is 8. The fourth-order valence-corrected chi connectivity index (χ4v) is 3.31. The van der Waals surface area contributed by atoms with Crippen LogP contribution in [-0.4, -0.2) is 30.2 Å². The molecule has 8 heteroatoms. The van der Waals surface area contributed by atoms with Crippen molar-refractivity contribution < 1.29 is 27.6 Å². The fourth-order valence-electron chi connectivity index (χ4n) is 3.31. The van der Waals surface area contributed by atoms with Crippen LogP contribution in [0.4, 0.5) is 4.39 Å². The summed E-state index contributed by atoms with van der Waals surface area (Å²) in [7, 11) is 3.13. The lowest BCUT2D eigenvalue weighted by molar-refractivity contribution is 0.0713. The molecule has 0 N–H and O–H groups in total. The Morgan fingerprint density at radius 3 is 2.62 bits per heavy atom. The van der Waals surface area contributed by atoms with Gasteiger partial charge >= 0.3 is 0 Å². The second-order valence-electron chi connectivity index (χ2n) is 7.00. The number of hydrogen-bond donors (Lipinski definition) is 0. The number of methoxy groups -OCH3 is 2. The van der Waals surface area contributed by atoms with Gasteiger partial charge in [0.25, 0.3) is 5.91 Å². The van der Waals surface area contributed by atoms with Gasteiger partial charge in [-0.3, -0.25) is 4.79 Å². The smallest absolute Gasteiger partial charge is 0.254 e. The van der Waals surface area contributed by atoms with Crippen molar-refractivity contribution in [2.45, 2.75) is 13.1 Å². The van der Waals surface area contributed by atoms with E-state index in [1.165, 1.54) is 29.4 Å². The predicted molar refractivity (Wildman–Crippen MR) is 114 cm³/mol. The van der Waals surface area contributed by atoms with Crippen LogP contribution in [0.1, 0.15) is 21.8 Å². The second kappa shape index (κ2) is 9.38. The molecule has 2 aromatic carbocycles. The zero-order chi connectivity index (χ0) is 22.5. The summed E-state index contributed by atoms with van der Waals surface area (Å²) in [5.41, 5.74) is 1.45. The minimum absolute atomic E-state index is 0.137. The highest BCUT2D eigenvalue weighted by Crippen LogP contribution is 2.33. The highest BCUT2D eigenvalue weighted by Gasteiger charge is 2.21. The molecule has 0 fully saturated rings. The average Bonchev–Trinajstić information content (AvgIpc) is 3.50. The average molecular weight is 436 g/mol. The zero-order valence-electron chi connectivity index (χ0n) is 17.6. The molecule has 0 aliphatic carbocycles. The van der Waals surface area contributed by atoms with E-state index in [4.69, 9.17) is 18.4 Å². The molecule has 0 unspecified atom stereocenters. The first-order chi connectivity index (χ1) is 15.6. The minimum atomic E-state index is -0.482. The van der Waals surface area contributed by atoms with Gasteiger partial charge in [-0.25, -0.2) is 4.39 Å². The number of hydrogen-bond acceptors (Lipinski definition) is 6. The molecule has 4 aromatic rings. The molecular formula is C24H21FN2O5. The monoisotopic (exact) mass is 436 g/mol. The number of benzene rings is 2. The van der Waals surface area contributed by atoms with Gasteiger partial charge in [0.2, 0.25) is 0 Å².